The molecule has 0 aromatic heterocycles. The summed E-state index contributed by atoms with van der Waals surface area (Å²) in [7, 11) is 1.55. The zero-order chi connectivity index (χ0) is 20.9. The van der Waals surface area contributed by atoms with Crippen molar-refractivity contribution in [3.63, 3.8) is 0 Å². The van der Waals surface area contributed by atoms with Gasteiger partial charge in [0.2, 0.25) is 5.91 Å². The average molecular weight is 399 g/mol. The highest BCUT2D eigenvalue weighted by Gasteiger charge is 2.39. The van der Waals surface area contributed by atoms with E-state index in [-0.39, 0.29) is 17.8 Å². The highest BCUT2D eigenvalue weighted by atomic mass is 19.1. The largest absolute Gasteiger partial charge is 0.495 e. The smallest absolute Gasteiger partial charge is 0.321 e. The molecule has 2 aromatic carbocycles. The van der Waals surface area contributed by atoms with E-state index in [2.05, 4.69) is 10.6 Å². The van der Waals surface area contributed by atoms with Crippen molar-refractivity contribution < 1.29 is 18.7 Å². The van der Waals surface area contributed by atoms with Crippen LogP contribution in [0.1, 0.15) is 25.3 Å². The van der Waals surface area contributed by atoms with Gasteiger partial charge in [0.05, 0.1) is 18.2 Å². The van der Waals surface area contributed by atoms with Crippen LogP contribution in [-0.4, -0.2) is 37.0 Å². The maximum Gasteiger partial charge on any atom is 0.321 e. The standard InChI is InChI=1S/C22H26FN3O3/c1-22(20(27)24-14-16-8-10-17(23)11-9-16)12-5-13-26(15-22)21(28)25-18-6-3-4-7-19(18)29-2/h3-4,6-11H,5,12-15H2,1-2H3,(H,24,27)(H,25,28)/t22-/m0/s1. The number of ether oxygens (including phenoxy) is 1. The van der Waals surface area contributed by atoms with Crippen molar-refractivity contribution in [2.75, 3.05) is 25.5 Å². The molecule has 6 nitrogen and oxygen atoms in total. The Kier molecular flexibility index (Phi) is 6.36. The van der Waals surface area contributed by atoms with Crippen LogP contribution in [-0.2, 0) is 11.3 Å². The van der Waals surface area contributed by atoms with Gasteiger partial charge in [-0.3, -0.25) is 4.79 Å². The molecule has 1 fully saturated rings. The van der Waals surface area contributed by atoms with Gasteiger partial charge >= 0.3 is 6.03 Å². The maximum atomic E-state index is 13.0. The van der Waals surface area contributed by atoms with E-state index < -0.39 is 5.41 Å². The molecule has 1 heterocycles. The van der Waals surface area contributed by atoms with Gasteiger partial charge in [-0.2, -0.15) is 0 Å². The van der Waals surface area contributed by atoms with E-state index >= 15 is 0 Å². The van der Waals surface area contributed by atoms with E-state index in [0.29, 0.717) is 37.5 Å². The van der Waals surface area contributed by atoms with Gasteiger partial charge in [-0.05, 0) is 49.6 Å². The molecule has 3 rings (SSSR count). The molecular weight excluding hydrogens is 373 g/mol. The van der Waals surface area contributed by atoms with Crippen molar-refractivity contribution in [2.24, 2.45) is 5.41 Å². The zero-order valence-electron chi connectivity index (χ0n) is 16.7. The summed E-state index contributed by atoms with van der Waals surface area (Å²) in [5.41, 5.74) is 0.731. The van der Waals surface area contributed by atoms with E-state index in [4.69, 9.17) is 4.74 Å². The number of anilines is 1. The van der Waals surface area contributed by atoms with Gasteiger partial charge < -0.3 is 20.3 Å². The first kappa shape index (κ1) is 20.6. The van der Waals surface area contributed by atoms with E-state index in [9.17, 15) is 14.0 Å². The molecular formula is C22H26FN3O3. The van der Waals surface area contributed by atoms with Gasteiger partial charge in [-0.15, -0.1) is 0 Å². The number of hydrogen-bond donors (Lipinski definition) is 2. The molecule has 1 atom stereocenters. The lowest BCUT2D eigenvalue weighted by Crippen LogP contribution is -2.52. The Labute approximate surface area is 170 Å². The predicted molar refractivity (Wildman–Crippen MR) is 109 cm³/mol. The third-order valence-electron chi connectivity index (χ3n) is 5.25. The molecule has 0 aliphatic carbocycles. The van der Waals surface area contributed by atoms with E-state index in [1.165, 1.54) is 12.1 Å². The normalized spacial score (nSPS) is 18.8. The van der Waals surface area contributed by atoms with Crippen LogP contribution in [0.2, 0.25) is 0 Å². The topological polar surface area (TPSA) is 70.7 Å². The summed E-state index contributed by atoms with van der Waals surface area (Å²) in [6.07, 6.45) is 1.43. The second-order valence-corrected chi connectivity index (χ2v) is 7.53. The van der Waals surface area contributed by atoms with Crippen molar-refractivity contribution >= 4 is 17.6 Å². The lowest BCUT2D eigenvalue weighted by atomic mass is 9.81. The number of carbonyl (C=O) groups excluding carboxylic acids is 2. The number of piperidine rings is 1. The Morgan fingerprint density at radius 2 is 1.90 bits per heavy atom. The Balaban J connectivity index is 1.61. The third-order valence-corrected chi connectivity index (χ3v) is 5.25. The summed E-state index contributed by atoms with van der Waals surface area (Å²) in [6, 6.07) is 13.0. The van der Waals surface area contributed by atoms with Gasteiger partial charge in [0.25, 0.3) is 0 Å². The number of methoxy groups -OCH3 is 1. The predicted octanol–water partition coefficient (Wildman–Crippen LogP) is 3.78. The van der Waals surface area contributed by atoms with E-state index in [0.717, 1.165) is 12.0 Å². The van der Waals surface area contributed by atoms with Crippen LogP contribution in [0.15, 0.2) is 48.5 Å². The first-order valence-corrected chi connectivity index (χ1v) is 9.63. The number of hydrogen-bond acceptors (Lipinski definition) is 3. The molecule has 0 spiro atoms. The molecule has 0 radical (unpaired) electrons. The summed E-state index contributed by atoms with van der Waals surface area (Å²) in [4.78, 5) is 27.2. The van der Waals surface area contributed by atoms with Crippen molar-refractivity contribution in [3.05, 3.63) is 59.9 Å². The number of rotatable bonds is 5. The van der Waals surface area contributed by atoms with Crippen LogP contribution in [0, 0.1) is 11.2 Å². The minimum atomic E-state index is -0.684. The molecule has 1 aliphatic heterocycles. The zero-order valence-corrected chi connectivity index (χ0v) is 16.7. The lowest BCUT2D eigenvalue weighted by Gasteiger charge is -2.39. The SMILES string of the molecule is COc1ccccc1NC(=O)N1CCC[C@](C)(C(=O)NCc2ccc(F)cc2)C1. The molecule has 1 saturated heterocycles. The minimum Gasteiger partial charge on any atom is -0.495 e. The number of para-hydroxylation sites is 2. The summed E-state index contributed by atoms with van der Waals surface area (Å²) in [5, 5.41) is 5.78. The van der Waals surface area contributed by atoms with Crippen LogP contribution in [0.25, 0.3) is 0 Å². The van der Waals surface area contributed by atoms with E-state index in [1.807, 2.05) is 19.1 Å². The average Bonchev–Trinajstić information content (AvgIpc) is 2.73. The molecule has 154 valence electrons. The van der Waals surface area contributed by atoms with Crippen molar-refractivity contribution in [1.82, 2.24) is 10.2 Å². The molecule has 0 unspecified atom stereocenters. The monoisotopic (exact) mass is 399 g/mol. The van der Waals surface area contributed by atoms with Gasteiger partial charge in [-0.25, -0.2) is 9.18 Å². The van der Waals surface area contributed by atoms with Gasteiger partial charge in [0, 0.05) is 19.6 Å². The number of nitrogens with one attached hydrogen (secondary N) is 2. The highest BCUT2D eigenvalue weighted by Crippen LogP contribution is 2.31. The van der Waals surface area contributed by atoms with Crippen molar-refractivity contribution in [1.29, 1.82) is 0 Å². The molecule has 29 heavy (non-hydrogen) atoms. The summed E-state index contributed by atoms with van der Waals surface area (Å²) in [5.74, 6) is 0.158. The molecule has 7 heteroatoms. The summed E-state index contributed by atoms with van der Waals surface area (Å²) in [6.45, 7) is 3.10. The number of amides is 3. The Bertz CT molecular complexity index is 872. The molecule has 0 saturated carbocycles. The molecule has 0 bridgehead atoms. The Morgan fingerprint density at radius 1 is 1.17 bits per heavy atom. The molecule has 2 N–H and O–H groups in total. The fourth-order valence-electron chi connectivity index (χ4n) is 3.54. The number of carbonyl (C=O) groups is 2. The maximum absolute atomic E-state index is 13.0. The first-order chi connectivity index (χ1) is 13.9. The van der Waals surface area contributed by atoms with Crippen LogP contribution >= 0.6 is 0 Å². The molecule has 3 amide bonds. The Morgan fingerprint density at radius 3 is 2.62 bits per heavy atom. The fourth-order valence-corrected chi connectivity index (χ4v) is 3.54. The highest BCUT2D eigenvalue weighted by molar-refractivity contribution is 5.92. The number of nitrogens with zero attached hydrogens (tertiary/aromatic N) is 1. The van der Waals surface area contributed by atoms with Crippen LogP contribution in [0.4, 0.5) is 14.9 Å². The van der Waals surface area contributed by atoms with E-state index in [1.54, 1.807) is 36.3 Å². The van der Waals surface area contributed by atoms with Crippen LogP contribution in [0.3, 0.4) is 0 Å². The molecule has 1 aliphatic rings. The first-order valence-electron chi connectivity index (χ1n) is 9.63. The lowest BCUT2D eigenvalue weighted by molar-refractivity contribution is -0.132. The second kappa shape index (κ2) is 8.94. The van der Waals surface area contributed by atoms with Crippen LogP contribution in [0.5, 0.6) is 5.75 Å². The number of likely N-dealkylation sites (tertiary alicyclic amines) is 1. The second-order valence-electron chi connectivity index (χ2n) is 7.53. The number of halogens is 1. The van der Waals surface area contributed by atoms with Crippen LogP contribution < -0.4 is 15.4 Å². The summed E-state index contributed by atoms with van der Waals surface area (Å²) < 4.78 is 18.3. The fraction of sp³-hybridized carbons (Fsp3) is 0.364. The van der Waals surface area contributed by atoms with Gasteiger partial charge in [0.1, 0.15) is 11.6 Å². The quantitative estimate of drug-likeness (QED) is 0.804. The van der Waals surface area contributed by atoms with Gasteiger partial charge in [-0.1, -0.05) is 24.3 Å². The van der Waals surface area contributed by atoms with Crippen molar-refractivity contribution in [2.45, 2.75) is 26.3 Å². The molecule has 2 aromatic rings. The minimum absolute atomic E-state index is 0.114. The third kappa shape index (κ3) is 5.04. The number of benzene rings is 2. The number of urea groups is 1. The summed E-state index contributed by atoms with van der Waals surface area (Å²) >= 11 is 0. The Hall–Kier alpha value is -3.09. The van der Waals surface area contributed by atoms with Crippen molar-refractivity contribution in [3.8, 4) is 5.75 Å². The van der Waals surface area contributed by atoms with Gasteiger partial charge in [0.15, 0.2) is 0 Å².